The first-order chi connectivity index (χ1) is 13.1. The summed E-state index contributed by atoms with van der Waals surface area (Å²) in [6.45, 7) is 2.26. The number of nitrogens with one attached hydrogen (secondary N) is 1. The van der Waals surface area contributed by atoms with Gasteiger partial charge in [-0.15, -0.1) is 0 Å². The summed E-state index contributed by atoms with van der Waals surface area (Å²) in [4.78, 5) is 37.8. The van der Waals surface area contributed by atoms with E-state index in [9.17, 15) is 27.6 Å². The van der Waals surface area contributed by atoms with E-state index in [-0.39, 0.29) is 13.1 Å². The standard InChI is InChI=1S/C18H21F3N4O3/c1-4-7-25(9-11-8-15(27)24(3)18(28)23(11)2)10-14(26)22-13-6-5-12(19)16(20)17(13)21/h5-6,8H,4,7,9-10H2,1-3H3,(H,22,26). The molecular formula is C18H21F3N4O3. The van der Waals surface area contributed by atoms with Crippen LogP contribution in [-0.4, -0.2) is 33.0 Å². The fourth-order valence-electron chi connectivity index (χ4n) is 2.70. The molecule has 0 aliphatic carbocycles. The molecule has 0 spiro atoms. The predicted molar refractivity (Wildman–Crippen MR) is 97.4 cm³/mol. The summed E-state index contributed by atoms with van der Waals surface area (Å²) in [5.74, 6) is -5.15. The predicted octanol–water partition coefficient (Wildman–Crippen LogP) is 1.35. The summed E-state index contributed by atoms with van der Waals surface area (Å²) in [5.41, 5.74) is -1.02. The third-order valence-corrected chi connectivity index (χ3v) is 4.23. The molecule has 2 rings (SSSR count). The average molecular weight is 398 g/mol. The lowest BCUT2D eigenvalue weighted by molar-refractivity contribution is -0.117. The maximum atomic E-state index is 13.7. The zero-order valence-corrected chi connectivity index (χ0v) is 15.8. The molecule has 1 N–H and O–H groups in total. The Kier molecular flexibility index (Phi) is 6.79. The smallest absolute Gasteiger partial charge is 0.322 e. The van der Waals surface area contributed by atoms with Gasteiger partial charge < -0.3 is 5.32 Å². The van der Waals surface area contributed by atoms with Crippen LogP contribution >= 0.6 is 0 Å². The molecule has 0 aliphatic rings. The number of anilines is 1. The van der Waals surface area contributed by atoms with Crippen molar-refractivity contribution in [2.45, 2.75) is 19.9 Å². The number of hydrogen-bond donors (Lipinski definition) is 1. The number of carbonyl (C=O) groups excluding carboxylic acids is 1. The number of rotatable bonds is 7. The minimum Gasteiger partial charge on any atom is -0.322 e. The van der Waals surface area contributed by atoms with E-state index in [2.05, 4.69) is 5.32 Å². The van der Waals surface area contributed by atoms with E-state index in [1.807, 2.05) is 6.92 Å². The molecule has 152 valence electrons. The van der Waals surface area contributed by atoms with Gasteiger partial charge in [0.1, 0.15) is 0 Å². The zero-order valence-electron chi connectivity index (χ0n) is 15.8. The summed E-state index contributed by atoms with van der Waals surface area (Å²) < 4.78 is 42.3. The van der Waals surface area contributed by atoms with Gasteiger partial charge >= 0.3 is 5.69 Å². The van der Waals surface area contributed by atoms with Crippen LogP contribution in [0, 0.1) is 17.5 Å². The van der Waals surface area contributed by atoms with E-state index in [1.54, 1.807) is 4.90 Å². The molecule has 0 atom stereocenters. The molecule has 10 heteroatoms. The molecule has 0 fully saturated rings. The van der Waals surface area contributed by atoms with E-state index in [0.29, 0.717) is 24.7 Å². The largest absolute Gasteiger partial charge is 0.330 e. The van der Waals surface area contributed by atoms with Crippen LogP contribution in [0.3, 0.4) is 0 Å². The first-order valence-corrected chi connectivity index (χ1v) is 8.57. The number of nitrogens with zero attached hydrogens (tertiary/aromatic N) is 3. The maximum absolute atomic E-state index is 13.7. The highest BCUT2D eigenvalue weighted by Crippen LogP contribution is 2.19. The number of carbonyl (C=O) groups is 1. The molecule has 7 nitrogen and oxygen atoms in total. The molecule has 0 aliphatic heterocycles. The second-order valence-electron chi connectivity index (χ2n) is 6.36. The van der Waals surface area contributed by atoms with Crippen molar-refractivity contribution in [1.82, 2.24) is 14.0 Å². The summed E-state index contributed by atoms with van der Waals surface area (Å²) in [7, 11) is 2.88. The topological polar surface area (TPSA) is 76.3 Å². The van der Waals surface area contributed by atoms with Gasteiger partial charge in [0.05, 0.1) is 12.2 Å². The van der Waals surface area contributed by atoms with Crippen molar-refractivity contribution in [1.29, 1.82) is 0 Å². The minimum absolute atomic E-state index is 0.128. The Morgan fingerprint density at radius 2 is 1.79 bits per heavy atom. The van der Waals surface area contributed by atoms with E-state index >= 15 is 0 Å². The van der Waals surface area contributed by atoms with Crippen LogP contribution < -0.4 is 16.6 Å². The Morgan fingerprint density at radius 3 is 2.43 bits per heavy atom. The number of halogens is 3. The first-order valence-electron chi connectivity index (χ1n) is 8.57. The summed E-state index contributed by atoms with van der Waals surface area (Å²) >= 11 is 0. The highest BCUT2D eigenvalue weighted by Gasteiger charge is 2.18. The van der Waals surface area contributed by atoms with Crippen LogP contribution in [0.25, 0.3) is 0 Å². The molecule has 0 radical (unpaired) electrons. The van der Waals surface area contributed by atoms with Gasteiger partial charge in [0.2, 0.25) is 5.91 Å². The fraction of sp³-hybridized carbons (Fsp3) is 0.389. The molecule has 0 unspecified atom stereocenters. The average Bonchev–Trinajstić information content (AvgIpc) is 2.65. The van der Waals surface area contributed by atoms with Crippen LogP contribution in [0.5, 0.6) is 0 Å². The molecule has 1 aromatic carbocycles. The van der Waals surface area contributed by atoms with Gasteiger partial charge in [0, 0.05) is 32.4 Å². The van der Waals surface area contributed by atoms with E-state index in [0.717, 1.165) is 10.6 Å². The van der Waals surface area contributed by atoms with Gasteiger partial charge in [0.15, 0.2) is 17.5 Å². The van der Waals surface area contributed by atoms with Crippen molar-refractivity contribution in [2.24, 2.45) is 14.1 Å². The van der Waals surface area contributed by atoms with Crippen molar-refractivity contribution in [3.8, 4) is 0 Å². The lowest BCUT2D eigenvalue weighted by Gasteiger charge is -2.22. The highest BCUT2D eigenvalue weighted by molar-refractivity contribution is 5.92. The monoisotopic (exact) mass is 398 g/mol. The van der Waals surface area contributed by atoms with Gasteiger partial charge in [-0.05, 0) is 25.1 Å². The van der Waals surface area contributed by atoms with E-state index in [4.69, 9.17) is 0 Å². The van der Waals surface area contributed by atoms with E-state index < -0.39 is 40.3 Å². The minimum atomic E-state index is -1.67. The zero-order chi connectivity index (χ0) is 21.0. The van der Waals surface area contributed by atoms with Crippen molar-refractivity contribution in [3.05, 3.63) is 62.2 Å². The fourth-order valence-corrected chi connectivity index (χ4v) is 2.70. The summed E-state index contributed by atoms with van der Waals surface area (Å²) in [6, 6.07) is 2.95. The van der Waals surface area contributed by atoms with Gasteiger partial charge in [-0.3, -0.25) is 23.6 Å². The van der Waals surface area contributed by atoms with Gasteiger partial charge in [-0.2, -0.15) is 0 Å². The molecule has 28 heavy (non-hydrogen) atoms. The Hall–Kier alpha value is -2.88. The Morgan fingerprint density at radius 1 is 1.11 bits per heavy atom. The van der Waals surface area contributed by atoms with Crippen molar-refractivity contribution >= 4 is 11.6 Å². The quantitative estimate of drug-likeness (QED) is 0.715. The molecule has 0 saturated heterocycles. The molecular weight excluding hydrogens is 377 g/mol. The summed E-state index contributed by atoms with van der Waals surface area (Å²) in [6.07, 6.45) is 0.672. The van der Waals surface area contributed by atoms with Crippen LogP contribution in [0.15, 0.2) is 27.8 Å². The Bertz CT molecular complexity index is 1000. The highest BCUT2D eigenvalue weighted by atomic mass is 19.2. The molecule has 0 bridgehead atoms. The molecule has 1 heterocycles. The number of benzene rings is 1. The van der Waals surface area contributed by atoms with Crippen molar-refractivity contribution in [3.63, 3.8) is 0 Å². The first kappa shape index (κ1) is 21.4. The third-order valence-electron chi connectivity index (χ3n) is 4.23. The number of hydrogen-bond acceptors (Lipinski definition) is 4. The van der Waals surface area contributed by atoms with Crippen molar-refractivity contribution < 1.29 is 18.0 Å². The van der Waals surface area contributed by atoms with Crippen LogP contribution in [0.1, 0.15) is 19.0 Å². The van der Waals surface area contributed by atoms with Crippen LogP contribution in [0.2, 0.25) is 0 Å². The number of aromatic nitrogens is 2. The Balaban J connectivity index is 2.17. The molecule has 1 amide bonds. The van der Waals surface area contributed by atoms with E-state index in [1.165, 1.54) is 24.7 Å². The lowest BCUT2D eigenvalue weighted by atomic mass is 10.2. The third kappa shape index (κ3) is 4.69. The Labute approximate surface area is 159 Å². The van der Waals surface area contributed by atoms with Gasteiger partial charge in [-0.25, -0.2) is 18.0 Å². The van der Waals surface area contributed by atoms with Crippen LogP contribution in [-0.2, 0) is 25.4 Å². The lowest BCUT2D eigenvalue weighted by Crippen LogP contribution is -2.41. The number of amides is 1. The normalized spacial score (nSPS) is 11.1. The molecule has 2 aromatic rings. The SMILES string of the molecule is CCCN(CC(=O)Nc1ccc(F)c(F)c1F)Cc1cc(=O)n(C)c(=O)n1C. The summed E-state index contributed by atoms with van der Waals surface area (Å²) in [5, 5.41) is 2.20. The van der Waals surface area contributed by atoms with Gasteiger partial charge in [0.25, 0.3) is 5.56 Å². The van der Waals surface area contributed by atoms with Gasteiger partial charge in [-0.1, -0.05) is 6.92 Å². The van der Waals surface area contributed by atoms with Crippen molar-refractivity contribution in [2.75, 3.05) is 18.4 Å². The maximum Gasteiger partial charge on any atom is 0.330 e. The second-order valence-corrected chi connectivity index (χ2v) is 6.36. The van der Waals surface area contributed by atoms with Crippen LogP contribution in [0.4, 0.5) is 18.9 Å². The second kappa shape index (κ2) is 8.87. The molecule has 0 saturated carbocycles. The molecule has 1 aromatic heterocycles.